The summed E-state index contributed by atoms with van der Waals surface area (Å²) in [6.07, 6.45) is 0.337. The molecule has 0 aromatic heterocycles. The summed E-state index contributed by atoms with van der Waals surface area (Å²) in [5, 5.41) is 9.23. The van der Waals surface area contributed by atoms with Gasteiger partial charge < -0.3 is 20.5 Å². The Balaban J connectivity index is 2.73. The Morgan fingerprint density at radius 2 is 1.86 bits per heavy atom. The fraction of sp³-hybridized carbons (Fsp3) is 0.467. The molecule has 1 aromatic carbocycles. The molecule has 1 amide bonds. The van der Waals surface area contributed by atoms with Crippen LogP contribution in [0.3, 0.4) is 0 Å². The van der Waals surface area contributed by atoms with Crippen molar-refractivity contribution in [2.24, 2.45) is 5.73 Å². The van der Waals surface area contributed by atoms with E-state index in [2.05, 4.69) is 4.74 Å². The average molecular weight is 294 g/mol. The van der Waals surface area contributed by atoms with Crippen LogP contribution < -0.4 is 5.73 Å². The number of methoxy groups -OCH3 is 1. The minimum Gasteiger partial charge on any atom is -0.508 e. The first-order valence-corrected chi connectivity index (χ1v) is 6.76. The number of aromatic hydroxyl groups is 1. The van der Waals surface area contributed by atoms with Crippen LogP contribution in [0, 0.1) is 0 Å². The molecule has 0 heterocycles. The molecule has 0 bridgehead atoms. The largest absolute Gasteiger partial charge is 0.508 e. The maximum absolute atomic E-state index is 12.4. The number of carbonyl (C=O) groups is 2. The second kappa shape index (κ2) is 7.64. The van der Waals surface area contributed by atoms with E-state index in [4.69, 9.17) is 5.73 Å². The highest BCUT2D eigenvalue weighted by Crippen LogP contribution is 2.12. The molecule has 6 nitrogen and oxygen atoms in total. The van der Waals surface area contributed by atoms with Crippen molar-refractivity contribution in [1.29, 1.82) is 0 Å². The van der Waals surface area contributed by atoms with Gasteiger partial charge in [0.25, 0.3) is 0 Å². The first-order chi connectivity index (χ1) is 9.85. The van der Waals surface area contributed by atoms with Crippen molar-refractivity contribution in [2.45, 2.75) is 32.4 Å². The SMILES string of the molecule is COC(=O)CN(C(=O)[C@H](N)Cc1ccc(O)cc1)C(C)C. The van der Waals surface area contributed by atoms with E-state index in [0.717, 1.165) is 5.56 Å². The van der Waals surface area contributed by atoms with Crippen LogP contribution in [0.15, 0.2) is 24.3 Å². The maximum atomic E-state index is 12.4. The molecule has 21 heavy (non-hydrogen) atoms. The van der Waals surface area contributed by atoms with E-state index >= 15 is 0 Å². The van der Waals surface area contributed by atoms with Crippen molar-refractivity contribution in [2.75, 3.05) is 13.7 Å². The van der Waals surface area contributed by atoms with Crippen molar-refractivity contribution >= 4 is 11.9 Å². The fourth-order valence-electron chi connectivity index (χ4n) is 1.90. The predicted octanol–water partition coefficient (Wildman–Crippen LogP) is 0.672. The Labute approximate surface area is 124 Å². The number of nitrogens with zero attached hydrogens (tertiary/aromatic N) is 1. The molecule has 6 heteroatoms. The van der Waals surface area contributed by atoms with Crippen molar-refractivity contribution in [3.05, 3.63) is 29.8 Å². The van der Waals surface area contributed by atoms with Crippen LogP contribution >= 0.6 is 0 Å². The van der Waals surface area contributed by atoms with Gasteiger partial charge in [-0.15, -0.1) is 0 Å². The minimum absolute atomic E-state index is 0.115. The van der Waals surface area contributed by atoms with Gasteiger partial charge in [0.1, 0.15) is 12.3 Å². The number of hydrogen-bond donors (Lipinski definition) is 2. The highest BCUT2D eigenvalue weighted by atomic mass is 16.5. The van der Waals surface area contributed by atoms with Crippen molar-refractivity contribution in [3.63, 3.8) is 0 Å². The Kier molecular flexibility index (Phi) is 6.17. The maximum Gasteiger partial charge on any atom is 0.325 e. The van der Waals surface area contributed by atoms with E-state index in [-0.39, 0.29) is 24.2 Å². The molecule has 0 aliphatic carbocycles. The Morgan fingerprint density at radius 3 is 2.33 bits per heavy atom. The molecule has 0 saturated carbocycles. The van der Waals surface area contributed by atoms with Gasteiger partial charge in [0, 0.05) is 6.04 Å². The molecular formula is C15H22N2O4. The summed E-state index contributed by atoms with van der Waals surface area (Å²) in [5.41, 5.74) is 6.78. The zero-order valence-electron chi connectivity index (χ0n) is 12.6. The molecule has 0 aliphatic rings. The summed E-state index contributed by atoms with van der Waals surface area (Å²) >= 11 is 0. The van der Waals surface area contributed by atoms with Gasteiger partial charge in [0.15, 0.2) is 0 Å². The van der Waals surface area contributed by atoms with E-state index in [0.29, 0.717) is 6.42 Å². The lowest BCUT2D eigenvalue weighted by molar-refractivity contribution is -0.148. The second-order valence-electron chi connectivity index (χ2n) is 5.11. The smallest absolute Gasteiger partial charge is 0.325 e. The highest BCUT2D eigenvalue weighted by Gasteiger charge is 2.25. The summed E-state index contributed by atoms with van der Waals surface area (Å²) in [6, 6.07) is 5.61. The van der Waals surface area contributed by atoms with Gasteiger partial charge in [-0.3, -0.25) is 9.59 Å². The van der Waals surface area contributed by atoms with E-state index in [1.165, 1.54) is 12.0 Å². The third-order valence-electron chi connectivity index (χ3n) is 3.14. The molecule has 1 aromatic rings. The number of carbonyl (C=O) groups excluding carboxylic acids is 2. The first-order valence-electron chi connectivity index (χ1n) is 6.76. The summed E-state index contributed by atoms with van der Waals surface area (Å²) in [6.45, 7) is 3.51. The lowest BCUT2D eigenvalue weighted by Gasteiger charge is -2.28. The molecular weight excluding hydrogens is 272 g/mol. The third-order valence-corrected chi connectivity index (χ3v) is 3.14. The fourth-order valence-corrected chi connectivity index (χ4v) is 1.90. The van der Waals surface area contributed by atoms with Crippen molar-refractivity contribution in [3.8, 4) is 5.75 Å². The number of ether oxygens (including phenoxy) is 1. The van der Waals surface area contributed by atoms with Crippen LogP contribution in [-0.4, -0.2) is 47.6 Å². The van der Waals surface area contributed by atoms with Crippen LogP contribution in [0.4, 0.5) is 0 Å². The normalized spacial score (nSPS) is 12.0. The van der Waals surface area contributed by atoms with E-state index in [9.17, 15) is 14.7 Å². The summed E-state index contributed by atoms with van der Waals surface area (Å²) in [7, 11) is 1.28. The molecule has 0 fully saturated rings. The average Bonchev–Trinajstić information content (AvgIpc) is 2.45. The number of rotatable bonds is 6. The Hall–Kier alpha value is -2.08. The lowest BCUT2D eigenvalue weighted by atomic mass is 10.0. The van der Waals surface area contributed by atoms with Gasteiger partial charge in [-0.25, -0.2) is 0 Å². The number of benzene rings is 1. The highest BCUT2D eigenvalue weighted by molar-refractivity contribution is 5.86. The van der Waals surface area contributed by atoms with E-state index < -0.39 is 12.0 Å². The van der Waals surface area contributed by atoms with Gasteiger partial charge in [-0.1, -0.05) is 12.1 Å². The molecule has 1 atom stereocenters. The predicted molar refractivity (Wildman–Crippen MR) is 78.7 cm³/mol. The number of phenols is 1. The second-order valence-corrected chi connectivity index (χ2v) is 5.11. The van der Waals surface area contributed by atoms with Gasteiger partial charge in [0.05, 0.1) is 13.2 Å². The zero-order chi connectivity index (χ0) is 16.0. The van der Waals surface area contributed by atoms with Crippen LogP contribution in [0.5, 0.6) is 5.75 Å². The van der Waals surface area contributed by atoms with E-state index in [1.54, 1.807) is 24.3 Å². The van der Waals surface area contributed by atoms with Gasteiger partial charge in [0.2, 0.25) is 5.91 Å². The molecule has 1 rings (SSSR count). The summed E-state index contributed by atoms with van der Waals surface area (Å²) in [5.74, 6) is -0.620. The van der Waals surface area contributed by atoms with Crippen LogP contribution in [0.25, 0.3) is 0 Å². The molecule has 0 unspecified atom stereocenters. The first kappa shape index (κ1) is 17.0. The van der Waals surface area contributed by atoms with Gasteiger partial charge in [-0.2, -0.15) is 0 Å². The minimum atomic E-state index is -0.749. The number of hydrogen-bond acceptors (Lipinski definition) is 5. The standard InChI is InChI=1S/C15H22N2O4/c1-10(2)17(9-14(19)21-3)15(20)13(16)8-11-4-6-12(18)7-5-11/h4-7,10,13,18H,8-9,16H2,1-3H3/t13-/m1/s1. The Morgan fingerprint density at radius 1 is 1.29 bits per heavy atom. The van der Waals surface area contributed by atoms with Gasteiger partial charge in [-0.05, 0) is 38.0 Å². The van der Waals surface area contributed by atoms with Crippen LogP contribution in [0.2, 0.25) is 0 Å². The zero-order valence-corrected chi connectivity index (χ0v) is 12.6. The summed E-state index contributed by atoms with van der Waals surface area (Å²) < 4.78 is 4.59. The van der Waals surface area contributed by atoms with Gasteiger partial charge >= 0.3 is 5.97 Å². The molecule has 0 spiro atoms. The number of nitrogens with two attached hydrogens (primary N) is 1. The van der Waals surface area contributed by atoms with Crippen molar-refractivity contribution in [1.82, 2.24) is 4.90 Å². The topological polar surface area (TPSA) is 92.9 Å². The van der Waals surface area contributed by atoms with Crippen molar-refractivity contribution < 1.29 is 19.4 Å². The van der Waals surface area contributed by atoms with Crippen LogP contribution in [-0.2, 0) is 20.7 Å². The number of amides is 1. The molecule has 116 valence electrons. The molecule has 0 aliphatic heterocycles. The molecule has 0 saturated heterocycles. The molecule has 0 radical (unpaired) electrons. The number of esters is 1. The Bertz CT molecular complexity index is 485. The number of phenolic OH excluding ortho intramolecular Hbond substituents is 1. The lowest BCUT2D eigenvalue weighted by Crippen LogP contribution is -2.49. The monoisotopic (exact) mass is 294 g/mol. The molecule has 3 N–H and O–H groups in total. The van der Waals surface area contributed by atoms with Crippen LogP contribution in [0.1, 0.15) is 19.4 Å². The quantitative estimate of drug-likeness (QED) is 0.752. The summed E-state index contributed by atoms with van der Waals surface area (Å²) in [4.78, 5) is 25.1. The van der Waals surface area contributed by atoms with E-state index in [1.807, 2.05) is 13.8 Å². The third kappa shape index (κ3) is 5.07.